The van der Waals surface area contributed by atoms with Crippen molar-refractivity contribution >= 4 is 11.4 Å². The lowest BCUT2D eigenvalue weighted by atomic mass is 9.85. The van der Waals surface area contributed by atoms with Crippen molar-refractivity contribution in [1.82, 2.24) is 0 Å². The number of rotatable bonds is 5. The summed E-state index contributed by atoms with van der Waals surface area (Å²) in [6, 6.07) is 5.02. The summed E-state index contributed by atoms with van der Waals surface area (Å²) in [5, 5.41) is 10.8. The quantitative estimate of drug-likeness (QED) is 0.595. The van der Waals surface area contributed by atoms with Crippen molar-refractivity contribution in [3.05, 3.63) is 28.3 Å². The largest absolute Gasteiger partial charge is 0.490 e. The highest BCUT2D eigenvalue weighted by Crippen LogP contribution is 2.33. The molecule has 0 radical (unpaired) electrons. The highest BCUT2D eigenvalue weighted by molar-refractivity contribution is 5.59. The van der Waals surface area contributed by atoms with Crippen molar-refractivity contribution in [2.75, 3.05) is 25.6 Å². The second kappa shape index (κ2) is 5.25. The average molecular weight is 250 g/mol. The van der Waals surface area contributed by atoms with Crippen LogP contribution in [0.15, 0.2) is 18.2 Å². The number of nitrogens with zero attached hydrogens (tertiary/aromatic N) is 2. The van der Waals surface area contributed by atoms with Crippen molar-refractivity contribution in [2.24, 2.45) is 5.92 Å². The van der Waals surface area contributed by atoms with Gasteiger partial charge < -0.3 is 9.64 Å². The van der Waals surface area contributed by atoms with Crippen molar-refractivity contribution < 1.29 is 9.66 Å². The van der Waals surface area contributed by atoms with Gasteiger partial charge in [0.1, 0.15) is 0 Å². The van der Waals surface area contributed by atoms with Crippen LogP contribution in [0, 0.1) is 16.0 Å². The molecule has 5 nitrogen and oxygen atoms in total. The average Bonchev–Trinajstić information content (AvgIpc) is 2.32. The van der Waals surface area contributed by atoms with E-state index >= 15 is 0 Å². The van der Waals surface area contributed by atoms with E-state index in [0.29, 0.717) is 5.75 Å². The van der Waals surface area contributed by atoms with Crippen molar-refractivity contribution in [3.8, 4) is 5.75 Å². The summed E-state index contributed by atoms with van der Waals surface area (Å²) >= 11 is 0. The molecular formula is C13H18N2O3. The van der Waals surface area contributed by atoms with Gasteiger partial charge in [-0.05, 0) is 24.8 Å². The minimum atomic E-state index is -0.422. The molecule has 0 atom stereocenters. The van der Waals surface area contributed by atoms with Gasteiger partial charge in [-0.2, -0.15) is 0 Å². The molecule has 1 aliphatic rings. The Morgan fingerprint density at radius 3 is 2.72 bits per heavy atom. The van der Waals surface area contributed by atoms with E-state index in [1.165, 1.54) is 32.4 Å². The molecule has 0 spiro atoms. The smallest absolute Gasteiger partial charge is 0.311 e. The molecular weight excluding hydrogens is 232 g/mol. The molecule has 0 aromatic heterocycles. The first kappa shape index (κ1) is 12.7. The van der Waals surface area contributed by atoms with E-state index in [2.05, 4.69) is 4.90 Å². The Kier molecular flexibility index (Phi) is 3.69. The van der Waals surface area contributed by atoms with Crippen LogP contribution in [0.2, 0.25) is 0 Å². The van der Waals surface area contributed by atoms with E-state index in [0.717, 1.165) is 18.2 Å². The number of ether oxygens (including phenoxy) is 1. The van der Waals surface area contributed by atoms with Crippen molar-refractivity contribution in [1.29, 1.82) is 0 Å². The zero-order valence-electron chi connectivity index (χ0n) is 10.8. The third-order valence-electron chi connectivity index (χ3n) is 3.56. The van der Waals surface area contributed by atoms with Gasteiger partial charge in [0.2, 0.25) is 0 Å². The van der Waals surface area contributed by atoms with Crippen LogP contribution in [0.25, 0.3) is 0 Å². The summed E-state index contributed by atoms with van der Waals surface area (Å²) in [7, 11) is 3.47. The number of hydrogen-bond acceptors (Lipinski definition) is 4. The number of nitro groups is 1. The first-order chi connectivity index (χ1) is 8.61. The maximum atomic E-state index is 10.8. The first-order valence-electron chi connectivity index (χ1n) is 6.15. The number of hydrogen-bond donors (Lipinski definition) is 0. The third kappa shape index (κ3) is 2.55. The fourth-order valence-electron chi connectivity index (χ4n) is 2.22. The van der Waals surface area contributed by atoms with Gasteiger partial charge in [-0.25, -0.2) is 0 Å². The van der Waals surface area contributed by atoms with E-state index in [1.807, 2.05) is 7.05 Å². The molecule has 1 aromatic carbocycles. The van der Waals surface area contributed by atoms with Gasteiger partial charge in [-0.15, -0.1) is 0 Å². The van der Waals surface area contributed by atoms with Crippen molar-refractivity contribution in [2.45, 2.75) is 19.3 Å². The lowest BCUT2D eigenvalue weighted by Gasteiger charge is -2.31. The molecule has 5 heteroatoms. The standard InChI is InChI=1S/C13H18N2O3/c1-14(9-10-4-3-5-10)11-6-7-12(15(16)17)13(8-11)18-2/h6-8,10H,3-5,9H2,1-2H3. The lowest BCUT2D eigenvalue weighted by molar-refractivity contribution is -0.385. The van der Waals surface area contributed by atoms with Gasteiger partial charge >= 0.3 is 5.69 Å². The summed E-state index contributed by atoms with van der Waals surface area (Å²) in [5.74, 6) is 1.08. The van der Waals surface area contributed by atoms with Crippen LogP contribution in [0.5, 0.6) is 5.75 Å². The second-order valence-corrected chi connectivity index (χ2v) is 4.79. The molecule has 1 aromatic rings. The van der Waals surface area contributed by atoms with E-state index in [1.54, 1.807) is 12.1 Å². The third-order valence-corrected chi connectivity index (χ3v) is 3.56. The maximum Gasteiger partial charge on any atom is 0.311 e. The summed E-state index contributed by atoms with van der Waals surface area (Å²) in [5.41, 5.74) is 0.975. The second-order valence-electron chi connectivity index (χ2n) is 4.79. The molecule has 1 saturated carbocycles. The molecule has 98 valence electrons. The Labute approximate surface area is 107 Å². The van der Waals surface area contributed by atoms with Crippen molar-refractivity contribution in [3.63, 3.8) is 0 Å². The Morgan fingerprint density at radius 1 is 1.50 bits per heavy atom. The SMILES string of the molecule is COc1cc(N(C)CC2CCC2)ccc1[N+](=O)[O-]. The van der Waals surface area contributed by atoms with Crippen LogP contribution in [0.3, 0.4) is 0 Å². The van der Waals surface area contributed by atoms with Crippen LogP contribution in [0.4, 0.5) is 11.4 Å². The van der Waals surface area contributed by atoms with Crippen LogP contribution in [-0.4, -0.2) is 25.6 Å². The summed E-state index contributed by atoms with van der Waals surface area (Å²) in [6.45, 7) is 1.00. The molecule has 0 aliphatic heterocycles. The van der Waals surface area contributed by atoms with E-state index in [-0.39, 0.29) is 5.69 Å². The van der Waals surface area contributed by atoms with Gasteiger partial charge in [0.15, 0.2) is 5.75 Å². The summed E-state index contributed by atoms with van der Waals surface area (Å²) in [6.07, 6.45) is 3.89. The van der Waals surface area contributed by atoms with E-state index < -0.39 is 4.92 Å². The highest BCUT2D eigenvalue weighted by atomic mass is 16.6. The van der Waals surface area contributed by atoms with Crippen LogP contribution in [-0.2, 0) is 0 Å². The summed E-state index contributed by atoms with van der Waals surface area (Å²) in [4.78, 5) is 12.5. The monoisotopic (exact) mass is 250 g/mol. The number of methoxy groups -OCH3 is 1. The maximum absolute atomic E-state index is 10.8. The van der Waals surface area contributed by atoms with Gasteiger partial charge in [-0.3, -0.25) is 10.1 Å². The zero-order chi connectivity index (χ0) is 13.1. The fraction of sp³-hybridized carbons (Fsp3) is 0.538. The molecule has 1 fully saturated rings. The van der Waals surface area contributed by atoms with E-state index in [4.69, 9.17) is 4.74 Å². The minimum absolute atomic E-state index is 0.0123. The molecule has 2 rings (SSSR count). The molecule has 0 unspecified atom stereocenters. The van der Waals surface area contributed by atoms with Gasteiger partial charge in [0, 0.05) is 31.4 Å². The normalized spacial score (nSPS) is 15.0. The topological polar surface area (TPSA) is 55.6 Å². The molecule has 0 bridgehead atoms. The number of nitro benzene ring substituents is 1. The number of benzene rings is 1. The van der Waals surface area contributed by atoms with Crippen LogP contribution >= 0.6 is 0 Å². The molecule has 0 amide bonds. The zero-order valence-corrected chi connectivity index (χ0v) is 10.8. The van der Waals surface area contributed by atoms with Crippen LogP contribution < -0.4 is 9.64 Å². The molecule has 0 heterocycles. The molecule has 0 N–H and O–H groups in total. The van der Waals surface area contributed by atoms with Gasteiger partial charge in [0.25, 0.3) is 0 Å². The Hall–Kier alpha value is -1.78. The Balaban J connectivity index is 2.15. The van der Waals surface area contributed by atoms with Crippen LogP contribution in [0.1, 0.15) is 19.3 Å². The van der Waals surface area contributed by atoms with Gasteiger partial charge in [-0.1, -0.05) is 6.42 Å². The predicted molar refractivity (Wildman–Crippen MR) is 70.3 cm³/mol. The minimum Gasteiger partial charge on any atom is -0.490 e. The molecule has 0 saturated heterocycles. The first-order valence-corrected chi connectivity index (χ1v) is 6.15. The number of anilines is 1. The predicted octanol–water partition coefficient (Wildman–Crippen LogP) is 2.84. The van der Waals surface area contributed by atoms with E-state index in [9.17, 15) is 10.1 Å². The Bertz CT molecular complexity index is 444. The molecule has 18 heavy (non-hydrogen) atoms. The summed E-state index contributed by atoms with van der Waals surface area (Å²) < 4.78 is 5.07. The highest BCUT2D eigenvalue weighted by Gasteiger charge is 2.21. The fourth-order valence-corrected chi connectivity index (χ4v) is 2.22. The Morgan fingerprint density at radius 2 is 2.22 bits per heavy atom. The lowest BCUT2D eigenvalue weighted by Crippen LogP contribution is -2.29. The molecule has 1 aliphatic carbocycles. The van der Waals surface area contributed by atoms with Gasteiger partial charge in [0.05, 0.1) is 12.0 Å².